The Morgan fingerprint density at radius 2 is 2.18 bits per heavy atom. The van der Waals surface area contributed by atoms with E-state index < -0.39 is 0 Å². The van der Waals surface area contributed by atoms with Crippen LogP contribution in [0.1, 0.15) is 6.42 Å². The van der Waals surface area contributed by atoms with Gasteiger partial charge in [-0.2, -0.15) is 0 Å². The second-order valence-corrected chi connectivity index (χ2v) is 5.67. The minimum atomic E-state index is -0.0898. The van der Waals surface area contributed by atoms with Crippen molar-refractivity contribution in [1.82, 2.24) is 19.6 Å². The van der Waals surface area contributed by atoms with Crippen molar-refractivity contribution in [3.8, 4) is 5.88 Å². The molecule has 122 valence electrons. The smallest absolute Gasteiger partial charge is 0.323 e. The number of rotatable bonds is 3. The maximum Gasteiger partial charge on any atom is 0.323 e. The van der Waals surface area contributed by atoms with Crippen molar-refractivity contribution in [2.45, 2.75) is 12.5 Å². The van der Waals surface area contributed by atoms with Crippen molar-refractivity contribution in [1.29, 1.82) is 0 Å². The zero-order chi connectivity index (χ0) is 15.5. The fourth-order valence-electron chi connectivity index (χ4n) is 2.95. The molecule has 0 radical (unpaired) electrons. The Morgan fingerprint density at radius 3 is 2.77 bits per heavy atom. The Kier molecular flexibility index (Phi) is 4.49. The van der Waals surface area contributed by atoms with Gasteiger partial charge in [0.15, 0.2) is 0 Å². The van der Waals surface area contributed by atoms with Crippen molar-refractivity contribution in [2.75, 3.05) is 51.8 Å². The number of ether oxygens (including phenoxy) is 2. The van der Waals surface area contributed by atoms with Gasteiger partial charge in [0.1, 0.15) is 5.82 Å². The van der Waals surface area contributed by atoms with Gasteiger partial charge in [-0.25, -0.2) is 9.48 Å². The molecule has 0 aliphatic carbocycles. The van der Waals surface area contributed by atoms with E-state index >= 15 is 0 Å². The summed E-state index contributed by atoms with van der Waals surface area (Å²) in [6.45, 7) is 4.94. The number of hydrogen-bond donors (Lipinski definition) is 1. The van der Waals surface area contributed by atoms with E-state index in [0.717, 1.165) is 45.8 Å². The number of hydrogen-bond acceptors (Lipinski definition) is 5. The van der Waals surface area contributed by atoms with Crippen LogP contribution in [0.15, 0.2) is 6.07 Å². The molecule has 0 bridgehead atoms. The van der Waals surface area contributed by atoms with E-state index in [4.69, 9.17) is 9.47 Å². The lowest BCUT2D eigenvalue weighted by Gasteiger charge is -2.37. The van der Waals surface area contributed by atoms with Crippen LogP contribution in [0.4, 0.5) is 10.6 Å². The number of urea groups is 1. The molecule has 2 amide bonds. The number of carbonyl (C=O) groups is 1. The van der Waals surface area contributed by atoms with E-state index in [1.807, 2.05) is 4.90 Å². The Balaban J connectivity index is 1.52. The zero-order valence-corrected chi connectivity index (χ0v) is 13.1. The van der Waals surface area contributed by atoms with Gasteiger partial charge in [0.2, 0.25) is 5.88 Å². The van der Waals surface area contributed by atoms with Crippen LogP contribution in [0, 0.1) is 0 Å². The first-order chi connectivity index (χ1) is 10.7. The van der Waals surface area contributed by atoms with Crippen LogP contribution in [0.25, 0.3) is 0 Å². The van der Waals surface area contributed by atoms with Crippen LogP contribution in [-0.2, 0) is 11.8 Å². The molecule has 1 atom stereocenters. The summed E-state index contributed by atoms with van der Waals surface area (Å²) in [4.78, 5) is 16.6. The lowest BCUT2D eigenvalue weighted by molar-refractivity contribution is 0.0987. The second-order valence-electron chi connectivity index (χ2n) is 5.67. The molecule has 22 heavy (non-hydrogen) atoms. The quantitative estimate of drug-likeness (QED) is 0.873. The standard InChI is InChI=1S/C14H23N5O3/c1-17-12(9-13(16-17)21-2)15-14(20)19-6-4-18(5-7-19)11-3-8-22-10-11/h9,11H,3-8,10H2,1-2H3,(H,15,20). The van der Waals surface area contributed by atoms with Gasteiger partial charge in [-0.1, -0.05) is 0 Å². The summed E-state index contributed by atoms with van der Waals surface area (Å²) in [6, 6.07) is 2.14. The summed E-state index contributed by atoms with van der Waals surface area (Å²) in [5, 5.41) is 7.01. The molecule has 0 saturated carbocycles. The molecular weight excluding hydrogens is 286 g/mol. The van der Waals surface area contributed by atoms with Crippen molar-refractivity contribution in [3.63, 3.8) is 0 Å². The fourth-order valence-corrected chi connectivity index (χ4v) is 2.95. The van der Waals surface area contributed by atoms with E-state index in [-0.39, 0.29) is 6.03 Å². The van der Waals surface area contributed by atoms with E-state index in [0.29, 0.717) is 17.7 Å². The molecule has 8 heteroatoms. The van der Waals surface area contributed by atoms with E-state index in [9.17, 15) is 4.79 Å². The summed E-state index contributed by atoms with van der Waals surface area (Å²) >= 11 is 0. The molecule has 1 unspecified atom stereocenters. The minimum absolute atomic E-state index is 0.0898. The van der Waals surface area contributed by atoms with Crippen molar-refractivity contribution in [2.24, 2.45) is 7.05 Å². The molecule has 3 rings (SSSR count). The Hall–Kier alpha value is -1.80. The van der Waals surface area contributed by atoms with Gasteiger partial charge in [0.05, 0.1) is 13.7 Å². The molecule has 8 nitrogen and oxygen atoms in total. The van der Waals surface area contributed by atoms with Gasteiger partial charge < -0.3 is 14.4 Å². The van der Waals surface area contributed by atoms with Crippen LogP contribution in [0.2, 0.25) is 0 Å². The number of piperazine rings is 1. The Bertz CT molecular complexity index is 519. The molecule has 2 fully saturated rings. The van der Waals surface area contributed by atoms with Crippen LogP contribution >= 0.6 is 0 Å². The predicted octanol–water partition coefficient (Wildman–Crippen LogP) is 0.367. The molecule has 1 aromatic rings. The van der Waals surface area contributed by atoms with Crippen LogP contribution in [0.5, 0.6) is 5.88 Å². The average molecular weight is 309 g/mol. The summed E-state index contributed by atoms with van der Waals surface area (Å²) in [5.74, 6) is 1.12. The molecule has 1 N–H and O–H groups in total. The highest BCUT2D eigenvalue weighted by Gasteiger charge is 2.28. The number of methoxy groups -OCH3 is 1. The summed E-state index contributed by atoms with van der Waals surface area (Å²) in [5.41, 5.74) is 0. The number of aromatic nitrogens is 2. The van der Waals surface area contributed by atoms with Gasteiger partial charge in [0, 0.05) is 51.9 Å². The maximum atomic E-state index is 12.3. The molecule has 0 spiro atoms. The predicted molar refractivity (Wildman–Crippen MR) is 81.1 cm³/mol. The number of nitrogens with zero attached hydrogens (tertiary/aromatic N) is 4. The van der Waals surface area contributed by atoms with Crippen molar-refractivity contribution in [3.05, 3.63) is 6.07 Å². The van der Waals surface area contributed by atoms with Gasteiger partial charge in [-0.3, -0.25) is 10.2 Å². The third-order valence-electron chi connectivity index (χ3n) is 4.33. The highest BCUT2D eigenvalue weighted by molar-refractivity contribution is 5.88. The topological polar surface area (TPSA) is 71.9 Å². The number of nitrogens with one attached hydrogen (secondary N) is 1. The maximum absolute atomic E-state index is 12.3. The lowest BCUT2D eigenvalue weighted by atomic mass is 10.2. The highest BCUT2D eigenvalue weighted by atomic mass is 16.5. The third-order valence-corrected chi connectivity index (χ3v) is 4.33. The van der Waals surface area contributed by atoms with Gasteiger partial charge in [-0.05, 0) is 6.42 Å². The largest absolute Gasteiger partial charge is 0.480 e. The molecule has 2 saturated heterocycles. The molecule has 3 heterocycles. The molecule has 0 aromatic carbocycles. The van der Waals surface area contributed by atoms with Crippen molar-refractivity contribution < 1.29 is 14.3 Å². The molecule has 1 aromatic heterocycles. The normalized spacial score (nSPS) is 22.8. The van der Waals surface area contributed by atoms with Gasteiger partial charge >= 0.3 is 6.03 Å². The highest BCUT2D eigenvalue weighted by Crippen LogP contribution is 2.17. The number of aryl methyl sites for hydroxylation is 1. The van der Waals surface area contributed by atoms with Crippen molar-refractivity contribution >= 4 is 11.8 Å². The van der Waals surface area contributed by atoms with Crippen LogP contribution in [-0.4, -0.2) is 78.2 Å². The minimum Gasteiger partial charge on any atom is -0.480 e. The van der Waals surface area contributed by atoms with E-state index in [1.54, 1.807) is 24.9 Å². The lowest BCUT2D eigenvalue weighted by Crippen LogP contribution is -2.53. The third kappa shape index (κ3) is 3.17. The zero-order valence-electron chi connectivity index (χ0n) is 13.1. The van der Waals surface area contributed by atoms with Gasteiger partial charge in [0.25, 0.3) is 0 Å². The number of amides is 2. The Morgan fingerprint density at radius 1 is 1.41 bits per heavy atom. The number of anilines is 1. The Labute approximate surface area is 129 Å². The second kappa shape index (κ2) is 6.53. The van der Waals surface area contributed by atoms with Crippen LogP contribution in [0.3, 0.4) is 0 Å². The first-order valence-corrected chi connectivity index (χ1v) is 7.63. The van der Waals surface area contributed by atoms with Crippen LogP contribution < -0.4 is 10.1 Å². The molecule has 2 aliphatic rings. The monoisotopic (exact) mass is 309 g/mol. The van der Waals surface area contributed by atoms with E-state index in [1.165, 1.54) is 0 Å². The first kappa shape index (κ1) is 15.1. The fraction of sp³-hybridized carbons (Fsp3) is 0.714. The first-order valence-electron chi connectivity index (χ1n) is 7.63. The summed E-state index contributed by atoms with van der Waals surface area (Å²) in [7, 11) is 3.33. The summed E-state index contributed by atoms with van der Waals surface area (Å²) < 4.78 is 12.1. The number of carbonyl (C=O) groups excluding carboxylic acids is 1. The summed E-state index contributed by atoms with van der Waals surface area (Å²) in [6.07, 6.45) is 1.10. The average Bonchev–Trinajstić information content (AvgIpc) is 3.18. The van der Waals surface area contributed by atoms with E-state index in [2.05, 4.69) is 15.3 Å². The van der Waals surface area contributed by atoms with Gasteiger partial charge in [-0.15, -0.1) is 5.10 Å². The molecular formula is C14H23N5O3. The SMILES string of the molecule is COc1cc(NC(=O)N2CCN(C3CCOC3)CC2)n(C)n1. The molecule has 2 aliphatic heterocycles.